The minimum absolute atomic E-state index is 0.301. The number of anilines is 2. The van der Waals surface area contributed by atoms with Gasteiger partial charge in [0.15, 0.2) is 5.58 Å². The van der Waals surface area contributed by atoms with Crippen molar-refractivity contribution in [3.05, 3.63) is 53.1 Å². The molecule has 2 aromatic carbocycles. The summed E-state index contributed by atoms with van der Waals surface area (Å²) in [7, 11) is 0. The van der Waals surface area contributed by atoms with E-state index in [2.05, 4.69) is 20.5 Å². The lowest BCUT2D eigenvalue weighted by Crippen LogP contribution is -2.42. The summed E-state index contributed by atoms with van der Waals surface area (Å²) >= 11 is 6.05. The molecule has 0 spiro atoms. The van der Waals surface area contributed by atoms with E-state index in [1.807, 2.05) is 24.3 Å². The third kappa shape index (κ3) is 4.41. The number of aromatic nitrogens is 1. The number of amides is 2. The van der Waals surface area contributed by atoms with Gasteiger partial charge < -0.3 is 20.0 Å². The maximum atomic E-state index is 12.2. The predicted molar refractivity (Wildman–Crippen MR) is 117 cm³/mol. The summed E-state index contributed by atoms with van der Waals surface area (Å²) in [5.74, 6) is -1.03. The molecule has 1 aromatic heterocycles. The molecule has 8 heteroatoms. The number of nitrogens with zero attached hydrogens (tertiary/aromatic N) is 2. The molecule has 0 saturated carbocycles. The van der Waals surface area contributed by atoms with E-state index in [4.69, 9.17) is 16.0 Å². The van der Waals surface area contributed by atoms with Crippen molar-refractivity contribution in [2.24, 2.45) is 5.92 Å². The second-order valence-corrected chi connectivity index (χ2v) is 7.88. The van der Waals surface area contributed by atoms with E-state index in [1.165, 1.54) is 0 Å². The van der Waals surface area contributed by atoms with Gasteiger partial charge in [0.2, 0.25) is 0 Å². The first-order valence-electron chi connectivity index (χ1n) is 9.96. The van der Waals surface area contributed by atoms with Crippen molar-refractivity contribution in [1.82, 2.24) is 10.3 Å². The number of piperidine rings is 1. The molecule has 1 fully saturated rings. The summed E-state index contributed by atoms with van der Waals surface area (Å²) in [4.78, 5) is 31.0. The van der Waals surface area contributed by atoms with Gasteiger partial charge in [-0.2, -0.15) is 4.98 Å². The molecule has 156 valence electrons. The number of para-hydroxylation sites is 2. The highest BCUT2D eigenvalue weighted by Gasteiger charge is 2.24. The normalized spacial score (nSPS) is 14.7. The molecule has 3 aromatic rings. The largest absolute Gasteiger partial charge is 0.423 e. The third-order valence-corrected chi connectivity index (χ3v) is 5.85. The Morgan fingerprint density at radius 1 is 1.13 bits per heavy atom. The molecule has 0 radical (unpaired) electrons. The second kappa shape index (κ2) is 8.75. The van der Waals surface area contributed by atoms with Crippen LogP contribution in [0.5, 0.6) is 0 Å². The molecule has 7 nitrogen and oxygen atoms in total. The predicted octanol–water partition coefficient (Wildman–Crippen LogP) is 3.76. The summed E-state index contributed by atoms with van der Waals surface area (Å²) in [6.07, 6.45) is 1.77. The number of fused-ring (bicyclic) bond motifs is 1. The van der Waals surface area contributed by atoms with Crippen LogP contribution in [0.4, 0.5) is 11.7 Å². The van der Waals surface area contributed by atoms with Crippen LogP contribution in [0.3, 0.4) is 0 Å². The number of rotatable bonds is 4. The Balaban J connectivity index is 1.25. The summed E-state index contributed by atoms with van der Waals surface area (Å²) in [6.45, 7) is 3.84. The fourth-order valence-electron chi connectivity index (χ4n) is 3.56. The van der Waals surface area contributed by atoms with Crippen LogP contribution in [-0.2, 0) is 9.59 Å². The van der Waals surface area contributed by atoms with Crippen molar-refractivity contribution in [2.45, 2.75) is 19.8 Å². The van der Waals surface area contributed by atoms with Crippen LogP contribution in [0, 0.1) is 12.8 Å². The first-order chi connectivity index (χ1) is 14.5. The number of carbonyl (C=O) groups excluding carboxylic acids is 2. The minimum atomic E-state index is -0.690. The Bertz CT molecular complexity index is 1040. The SMILES string of the molecule is Cc1c(Cl)cccc1NC(=O)C(=O)NCC1CCN(c2nc3ccccc3o2)CC1. The van der Waals surface area contributed by atoms with E-state index >= 15 is 0 Å². The van der Waals surface area contributed by atoms with Crippen molar-refractivity contribution >= 4 is 46.2 Å². The zero-order chi connectivity index (χ0) is 21.1. The van der Waals surface area contributed by atoms with Crippen LogP contribution in [0.25, 0.3) is 11.1 Å². The molecule has 0 aliphatic carbocycles. The maximum absolute atomic E-state index is 12.2. The lowest BCUT2D eigenvalue weighted by atomic mass is 9.97. The number of carbonyl (C=O) groups is 2. The van der Waals surface area contributed by atoms with Gasteiger partial charge in [-0.05, 0) is 55.5 Å². The van der Waals surface area contributed by atoms with Crippen LogP contribution in [0.2, 0.25) is 5.02 Å². The second-order valence-electron chi connectivity index (χ2n) is 7.47. The van der Waals surface area contributed by atoms with Gasteiger partial charge in [0.25, 0.3) is 6.01 Å². The molecule has 2 amide bonds. The van der Waals surface area contributed by atoms with E-state index in [9.17, 15) is 9.59 Å². The van der Waals surface area contributed by atoms with Crippen molar-refractivity contribution in [3.63, 3.8) is 0 Å². The number of hydrogen-bond acceptors (Lipinski definition) is 5. The number of nitrogens with one attached hydrogen (secondary N) is 2. The molecule has 2 N–H and O–H groups in total. The highest BCUT2D eigenvalue weighted by Crippen LogP contribution is 2.26. The van der Waals surface area contributed by atoms with Gasteiger partial charge >= 0.3 is 11.8 Å². The number of hydrogen-bond donors (Lipinski definition) is 2. The molecule has 4 rings (SSSR count). The Labute approximate surface area is 179 Å². The smallest absolute Gasteiger partial charge is 0.313 e. The molecular weight excluding hydrogens is 404 g/mol. The van der Waals surface area contributed by atoms with E-state index in [0.29, 0.717) is 29.2 Å². The van der Waals surface area contributed by atoms with E-state index in [1.54, 1.807) is 25.1 Å². The first kappa shape index (κ1) is 20.2. The fourth-order valence-corrected chi connectivity index (χ4v) is 3.74. The minimum Gasteiger partial charge on any atom is -0.423 e. The van der Waals surface area contributed by atoms with Crippen molar-refractivity contribution in [1.29, 1.82) is 0 Å². The highest BCUT2D eigenvalue weighted by atomic mass is 35.5. The van der Waals surface area contributed by atoms with Gasteiger partial charge in [0.1, 0.15) is 5.52 Å². The van der Waals surface area contributed by atoms with Crippen LogP contribution in [0.1, 0.15) is 18.4 Å². The zero-order valence-electron chi connectivity index (χ0n) is 16.7. The van der Waals surface area contributed by atoms with Crippen molar-refractivity contribution in [3.8, 4) is 0 Å². The van der Waals surface area contributed by atoms with Gasteiger partial charge in [0.05, 0.1) is 0 Å². The number of benzene rings is 2. The van der Waals surface area contributed by atoms with Crippen LogP contribution in [-0.4, -0.2) is 36.4 Å². The highest BCUT2D eigenvalue weighted by molar-refractivity contribution is 6.40. The summed E-state index contributed by atoms with van der Waals surface area (Å²) < 4.78 is 5.83. The molecular formula is C22H23ClN4O3. The quantitative estimate of drug-likeness (QED) is 0.620. The van der Waals surface area contributed by atoms with Gasteiger partial charge in [-0.1, -0.05) is 29.8 Å². The lowest BCUT2D eigenvalue weighted by molar-refractivity contribution is -0.136. The van der Waals surface area contributed by atoms with Gasteiger partial charge in [0, 0.05) is 30.3 Å². The molecule has 1 aliphatic rings. The molecule has 30 heavy (non-hydrogen) atoms. The Morgan fingerprint density at radius 3 is 2.67 bits per heavy atom. The van der Waals surface area contributed by atoms with E-state index in [0.717, 1.165) is 42.6 Å². The molecule has 1 saturated heterocycles. The Morgan fingerprint density at radius 2 is 1.90 bits per heavy atom. The van der Waals surface area contributed by atoms with Gasteiger partial charge in [-0.15, -0.1) is 0 Å². The average molecular weight is 427 g/mol. The maximum Gasteiger partial charge on any atom is 0.313 e. The molecule has 1 aliphatic heterocycles. The molecule has 2 heterocycles. The summed E-state index contributed by atoms with van der Waals surface area (Å²) in [6, 6.07) is 13.5. The summed E-state index contributed by atoms with van der Waals surface area (Å²) in [5, 5.41) is 5.90. The molecule has 0 atom stereocenters. The molecule has 0 unspecified atom stereocenters. The standard InChI is InChI=1S/C22H23ClN4O3/c1-14-16(23)5-4-7-17(14)25-21(29)20(28)24-13-15-9-11-27(12-10-15)22-26-18-6-2-3-8-19(18)30-22/h2-8,15H,9-13H2,1H3,(H,24,28)(H,25,29). The van der Waals surface area contributed by atoms with Crippen LogP contribution in [0.15, 0.2) is 46.9 Å². The van der Waals surface area contributed by atoms with Crippen molar-refractivity contribution in [2.75, 3.05) is 29.9 Å². The zero-order valence-corrected chi connectivity index (χ0v) is 17.4. The van der Waals surface area contributed by atoms with Gasteiger partial charge in [-0.25, -0.2) is 0 Å². The average Bonchev–Trinajstić information content (AvgIpc) is 3.20. The number of oxazole rings is 1. The third-order valence-electron chi connectivity index (χ3n) is 5.44. The van der Waals surface area contributed by atoms with Crippen LogP contribution < -0.4 is 15.5 Å². The van der Waals surface area contributed by atoms with E-state index < -0.39 is 11.8 Å². The fraction of sp³-hybridized carbons (Fsp3) is 0.318. The summed E-state index contributed by atoms with van der Waals surface area (Å²) in [5.41, 5.74) is 2.90. The van der Waals surface area contributed by atoms with Crippen LogP contribution >= 0.6 is 11.6 Å². The molecule has 0 bridgehead atoms. The number of halogens is 1. The lowest BCUT2D eigenvalue weighted by Gasteiger charge is -2.30. The monoisotopic (exact) mass is 426 g/mol. The Kier molecular flexibility index (Phi) is 5.90. The van der Waals surface area contributed by atoms with Crippen molar-refractivity contribution < 1.29 is 14.0 Å². The first-order valence-corrected chi connectivity index (χ1v) is 10.3. The van der Waals surface area contributed by atoms with E-state index in [-0.39, 0.29) is 0 Å². The Hall–Kier alpha value is -3.06. The topological polar surface area (TPSA) is 87.5 Å². The van der Waals surface area contributed by atoms with Gasteiger partial charge in [-0.3, -0.25) is 9.59 Å².